The first-order valence-electron chi connectivity index (χ1n) is 7.05. The number of hydrogen-bond acceptors (Lipinski definition) is 4. The predicted octanol–water partition coefficient (Wildman–Crippen LogP) is 4.27. The number of thiophene rings is 1. The molecule has 2 aromatic rings. The smallest absolute Gasteiger partial charge is 0.230 e. The highest BCUT2D eigenvalue weighted by Crippen LogP contribution is 2.31. The Kier molecular flexibility index (Phi) is 5.28. The fourth-order valence-electron chi connectivity index (χ4n) is 2.40. The van der Waals surface area contributed by atoms with Crippen molar-refractivity contribution in [2.24, 2.45) is 0 Å². The van der Waals surface area contributed by atoms with Gasteiger partial charge in [-0.3, -0.25) is 4.79 Å². The van der Waals surface area contributed by atoms with Gasteiger partial charge in [0.2, 0.25) is 5.91 Å². The molecule has 1 N–H and O–H groups in total. The van der Waals surface area contributed by atoms with Gasteiger partial charge in [0.05, 0.1) is 22.7 Å². The number of rotatable bonds is 5. The van der Waals surface area contributed by atoms with Gasteiger partial charge >= 0.3 is 0 Å². The number of thioether (sulfide) groups is 1. The van der Waals surface area contributed by atoms with Crippen LogP contribution >= 0.6 is 34.7 Å². The van der Waals surface area contributed by atoms with Crippen molar-refractivity contribution >= 4 is 40.6 Å². The number of carbonyl (C=O) groups is 1. The normalized spacial score (nSPS) is 16.7. The Morgan fingerprint density at radius 1 is 1.36 bits per heavy atom. The molecule has 0 bridgehead atoms. The summed E-state index contributed by atoms with van der Waals surface area (Å²) in [6, 6.07) is 11.8. The van der Waals surface area contributed by atoms with Crippen molar-refractivity contribution in [3.05, 3.63) is 51.2 Å². The Morgan fingerprint density at radius 2 is 2.23 bits per heavy atom. The van der Waals surface area contributed by atoms with Gasteiger partial charge in [-0.2, -0.15) is 0 Å². The van der Waals surface area contributed by atoms with E-state index in [0.29, 0.717) is 12.4 Å². The first kappa shape index (κ1) is 15.7. The predicted molar refractivity (Wildman–Crippen MR) is 92.9 cm³/mol. The molecular weight excluding hydrogens is 338 g/mol. The van der Waals surface area contributed by atoms with E-state index in [2.05, 4.69) is 5.32 Å². The van der Waals surface area contributed by atoms with Crippen LogP contribution < -0.4 is 10.1 Å². The summed E-state index contributed by atoms with van der Waals surface area (Å²) in [5, 5.41) is 3.10. The van der Waals surface area contributed by atoms with Gasteiger partial charge in [-0.25, -0.2) is 0 Å². The van der Waals surface area contributed by atoms with E-state index in [1.165, 1.54) is 4.88 Å². The zero-order valence-electron chi connectivity index (χ0n) is 11.9. The lowest BCUT2D eigenvalue weighted by Gasteiger charge is -2.26. The number of halogens is 1. The minimum absolute atomic E-state index is 0.0502. The summed E-state index contributed by atoms with van der Waals surface area (Å²) in [7, 11) is 0. The molecule has 0 saturated heterocycles. The van der Waals surface area contributed by atoms with Crippen LogP contribution in [0.2, 0.25) is 4.34 Å². The summed E-state index contributed by atoms with van der Waals surface area (Å²) >= 11 is 9.06. The molecule has 0 aliphatic carbocycles. The molecular formula is C16H16ClNO2S2. The number of nitrogens with one attached hydrogen (secondary N) is 1. The van der Waals surface area contributed by atoms with Gasteiger partial charge in [0, 0.05) is 22.6 Å². The van der Waals surface area contributed by atoms with Crippen LogP contribution in [0.15, 0.2) is 36.4 Å². The van der Waals surface area contributed by atoms with Crippen molar-refractivity contribution in [2.45, 2.75) is 18.2 Å². The molecule has 1 atom stereocenters. The molecule has 6 heteroatoms. The fourth-order valence-corrected chi connectivity index (χ4v) is 4.44. The third kappa shape index (κ3) is 3.97. The van der Waals surface area contributed by atoms with Crippen LogP contribution in [0.5, 0.6) is 5.75 Å². The lowest BCUT2D eigenvalue weighted by molar-refractivity contribution is -0.119. The van der Waals surface area contributed by atoms with E-state index < -0.39 is 0 Å². The van der Waals surface area contributed by atoms with Crippen molar-refractivity contribution in [3.63, 3.8) is 0 Å². The maximum Gasteiger partial charge on any atom is 0.230 e. The second-order valence-electron chi connectivity index (χ2n) is 4.99. The van der Waals surface area contributed by atoms with Crippen LogP contribution in [0, 0.1) is 0 Å². The molecule has 0 fully saturated rings. The van der Waals surface area contributed by atoms with Crippen LogP contribution in [-0.2, 0) is 10.5 Å². The molecule has 2 heterocycles. The molecule has 1 aromatic heterocycles. The van der Waals surface area contributed by atoms with E-state index in [-0.39, 0.29) is 11.9 Å². The van der Waals surface area contributed by atoms with Crippen molar-refractivity contribution in [1.29, 1.82) is 0 Å². The molecule has 0 radical (unpaired) electrons. The molecule has 1 amide bonds. The lowest BCUT2D eigenvalue weighted by Crippen LogP contribution is -2.33. The number of benzene rings is 1. The zero-order valence-corrected chi connectivity index (χ0v) is 14.3. The first-order chi connectivity index (χ1) is 10.7. The van der Waals surface area contributed by atoms with Crippen LogP contribution in [0.3, 0.4) is 0 Å². The van der Waals surface area contributed by atoms with Crippen LogP contribution in [-0.4, -0.2) is 18.3 Å². The molecule has 1 aliphatic heterocycles. The Bertz CT molecular complexity index is 659. The van der Waals surface area contributed by atoms with E-state index in [1.54, 1.807) is 23.1 Å². The van der Waals surface area contributed by atoms with Gasteiger partial charge in [-0.05, 0) is 18.2 Å². The SMILES string of the molecule is O=C(CSCc1ccc(Cl)s1)NC1CCOc2ccccc21. The maximum atomic E-state index is 12.1. The molecule has 0 saturated carbocycles. The summed E-state index contributed by atoms with van der Waals surface area (Å²) in [5.41, 5.74) is 1.07. The van der Waals surface area contributed by atoms with E-state index >= 15 is 0 Å². The van der Waals surface area contributed by atoms with E-state index in [1.807, 2.05) is 36.4 Å². The largest absolute Gasteiger partial charge is 0.493 e. The van der Waals surface area contributed by atoms with E-state index in [9.17, 15) is 4.79 Å². The van der Waals surface area contributed by atoms with E-state index in [0.717, 1.165) is 27.8 Å². The molecule has 1 aromatic carbocycles. The third-order valence-electron chi connectivity index (χ3n) is 3.40. The fraction of sp³-hybridized carbons (Fsp3) is 0.312. The van der Waals surface area contributed by atoms with Gasteiger partial charge < -0.3 is 10.1 Å². The Balaban J connectivity index is 1.50. The Labute approximate surface area is 143 Å². The highest BCUT2D eigenvalue weighted by molar-refractivity contribution is 7.99. The first-order valence-corrected chi connectivity index (χ1v) is 9.40. The standard InChI is InChI=1S/C16H16ClNO2S2/c17-15-6-5-11(22-15)9-21-10-16(19)18-13-7-8-20-14-4-2-1-3-12(13)14/h1-6,13H,7-10H2,(H,18,19). The number of hydrogen-bond donors (Lipinski definition) is 1. The average molecular weight is 354 g/mol. The van der Waals surface area contributed by atoms with Crippen molar-refractivity contribution in [1.82, 2.24) is 5.32 Å². The molecule has 1 aliphatic rings. The molecule has 0 spiro atoms. The number of ether oxygens (including phenoxy) is 1. The highest BCUT2D eigenvalue weighted by Gasteiger charge is 2.22. The summed E-state index contributed by atoms with van der Waals surface area (Å²) in [6.07, 6.45) is 0.813. The molecule has 116 valence electrons. The molecule has 3 nitrogen and oxygen atoms in total. The quantitative estimate of drug-likeness (QED) is 0.872. The van der Waals surface area contributed by atoms with Gasteiger partial charge in [-0.1, -0.05) is 29.8 Å². The summed E-state index contributed by atoms with van der Waals surface area (Å²) in [4.78, 5) is 13.3. The minimum atomic E-state index is 0.0502. The second kappa shape index (κ2) is 7.40. The highest BCUT2D eigenvalue weighted by atomic mass is 35.5. The van der Waals surface area contributed by atoms with Gasteiger partial charge in [0.1, 0.15) is 5.75 Å². The number of para-hydroxylation sites is 1. The van der Waals surface area contributed by atoms with Crippen LogP contribution in [0.25, 0.3) is 0 Å². The monoisotopic (exact) mass is 353 g/mol. The Morgan fingerprint density at radius 3 is 3.05 bits per heavy atom. The van der Waals surface area contributed by atoms with E-state index in [4.69, 9.17) is 16.3 Å². The van der Waals surface area contributed by atoms with Crippen molar-refractivity contribution < 1.29 is 9.53 Å². The molecule has 3 rings (SSSR count). The topological polar surface area (TPSA) is 38.3 Å². The lowest BCUT2D eigenvalue weighted by atomic mass is 10.0. The number of carbonyl (C=O) groups excluding carboxylic acids is 1. The number of fused-ring (bicyclic) bond motifs is 1. The van der Waals surface area contributed by atoms with Crippen LogP contribution in [0.1, 0.15) is 22.9 Å². The summed E-state index contributed by atoms with van der Waals surface area (Å²) in [6.45, 7) is 0.642. The summed E-state index contributed by atoms with van der Waals surface area (Å²) in [5.74, 6) is 2.21. The molecule has 1 unspecified atom stereocenters. The van der Waals surface area contributed by atoms with Gasteiger partial charge in [0.25, 0.3) is 0 Å². The maximum absolute atomic E-state index is 12.1. The van der Waals surface area contributed by atoms with Gasteiger partial charge in [-0.15, -0.1) is 23.1 Å². The van der Waals surface area contributed by atoms with Crippen molar-refractivity contribution in [2.75, 3.05) is 12.4 Å². The van der Waals surface area contributed by atoms with Crippen LogP contribution in [0.4, 0.5) is 0 Å². The Hall–Kier alpha value is -1.17. The average Bonchev–Trinajstić information content (AvgIpc) is 2.93. The summed E-state index contributed by atoms with van der Waals surface area (Å²) < 4.78 is 6.40. The number of amides is 1. The second-order valence-corrected chi connectivity index (χ2v) is 7.78. The zero-order chi connectivity index (χ0) is 15.4. The third-order valence-corrected chi connectivity index (χ3v) is 5.80. The molecule has 22 heavy (non-hydrogen) atoms. The minimum Gasteiger partial charge on any atom is -0.493 e. The van der Waals surface area contributed by atoms with Crippen molar-refractivity contribution in [3.8, 4) is 5.75 Å². The van der Waals surface area contributed by atoms with Gasteiger partial charge in [0.15, 0.2) is 0 Å².